The summed E-state index contributed by atoms with van der Waals surface area (Å²) in [5, 5.41) is 0.550. The van der Waals surface area contributed by atoms with E-state index < -0.39 is 11.6 Å². The number of rotatable bonds is 12. The highest BCUT2D eigenvalue weighted by Gasteiger charge is 2.26. The third-order valence-electron chi connectivity index (χ3n) is 7.44. The van der Waals surface area contributed by atoms with Gasteiger partial charge in [-0.2, -0.15) is 0 Å². The number of H-pyrrole nitrogens is 1. The van der Waals surface area contributed by atoms with Crippen LogP contribution in [0.15, 0.2) is 48.9 Å². The number of fused-ring (bicyclic) bond motifs is 1. The van der Waals surface area contributed by atoms with Crippen LogP contribution in [0.1, 0.15) is 55.8 Å². The van der Waals surface area contributed by atoms with Crippen molar-refractivity contribution < 1.29 is 23.0 Å². The lowest BCUT2D eigenvalue weighted by Gasteiger charge is -2.28. The Morgan fingerprint density at radius 1 is 1.05 bits per heavy atom. The molecule has 1 aliphatic rings. The Bertz CT molecular complexity index is 1460. The highest BCUT2D eigenvalue weighted by molar-refractivity contribution is 5.91. The standard InChI is InChI=1S/C31H34F2N4O3/c1-2-39-17-22-7-4-8-23(10-22)18-40-19-25(38)11-20-5-3-6-21(9-20)12-29-28(33)16-36-31(37-29)27-15-35-30-26(27)13-24(32)14-34-30/h4,7-8,10,13-16,20-21H,2-3,5-6,9,11-12,17-19H2,1H3,(H,34,35)/t20-,21+/m1/s1. The molecule has 4 aromatic rings. The molecule has 1 saturated carbocycles. The number of carbonyl (C=O) groups excluding carboxylic acids is 1. The van der Waals surface area contributed by atoms with E-state index in [0.717, 1.165) is 43.0 Å². The van der Waals surface area contributed by atoms with Crippen molar-refractivity contribution in [2.24, 2.45) is 11.8 Å². The van der Waals surface area contributed by atoms with Crippen LogP contribution in [0, 0.1) is 23.5 Å². The molecule has 0 spiro atoms. The number of carbonyl (C=O) groups is 1. The number of benzene rings is 1. The van der Waals surface area contributed by atoms with E-state index in [-0.39, 0.29) is 24.2 Å². The first-order valence-electron chi connectivity index (χ1n) is 13.9. The second kappa shape index (κ2) is 13.2. The number of halogens is 2. The molecule has 0 saturated heterocycles. The third kappa shape index (κ3) is 7.14. The first-order valence-corrected chi connectivity index (χ1v) is 13.9. The van der Waals surface area contributed by atoms with E-state index in [0.29, 0.717) is 60.8 Å². The molecule has 40 heavy (non-hydrogen) atoms. The Kier molecular flexibility index (Phi) is 9.23. The van der Waals surface area contributed by atoms with Gasteiger partial charge in [0.05, 0.1) is 31.3 Å². The van der Waals surface area contributed by atoms with Crippen molar-refractivity contribution in [2.45, 2.75) is 58.7 Å². The van der Waals surface area contributed by atoms with Crippen LogP contribution in [0.3, 0.4) is 0 Å². The molecular formula is C31H34F2N4O3. The van der Waals surface area contributed by atoms with Crippen molar-refractivity contribution in [3.63, 3.8) is 0 Å². The summed E-state index contributed by atoms with van der Waals surface area (Å²) in [5.74, 6) is -0.0262. The highest BCUT2D eigenvalue weighted by atomic mass is 19.1. The second-order valence-electron chi connectivity index (χ2n) is 10.5. The van der Waals surface area contributed by atoms with Crippen molar-refractivity contribution in [3.05, 3.63) is 77.4 Å². The van der Waals surface area contributed by atoms with Gasteiger partial charge in [0.15, 0.2) is 17.4 Å². The third-order valence-corrected chi connectivity index (χ3v) is 7.44. The molecule has 7 nitrogen and oxygen atoms in total. The van der Waals surface area contributed by atoms with Crippen molar-refractivity contribution in [1.82, 2.24) is 19.9 Å². The minimum absolute atomic E-state index is 0.0842. The summed E-state index contributed by atoms with van der Waals surface area (Å²) in [4.78, 5) is 28.4. The van der Waals surface area contributed by atoms with Crippen molar-refractivity contribution in [1.29, 1.82) is 0 Å². The number of nitrogens with one attached hydrogen (secondary N) is 1. The van der Waals surface area contributed by atoms with Crippen LogP contribution in [0.5, 0.6) is 0 Å². The molecule has 0 amide bonds. The molecule has 9 heteroatoms. The SMILES string of the molecule is CCOCc1cccc(COCC(=O)C[C@@H]2CCC[C@H](Cc3nc(-c4c[nH]c5ncc(F)cc45)ncc3F)C2)c1. The number of pyridine rings is 1. The fourth-order valence-electron chi connectivity index (χ4n) is 5.58. The summed E-state index contributed by atoms with van der Waals surface area (Å²) >= 11 is 0. The molecule has 210 valence electrons. The highest BCUT2D eigenvalue weighted by Crippen LogP contribution is 2.34. The number of ketones is 1. The van der Waals surface area contributed by atoms with Crippen LogP contribution >= 0.6 is 0 Å². The predicted molar refractivity (Wildman–Crippen MR) is 147 cm³/mol. The molecule has 1 N–H and O–H groups in total. The van der Waals surface area contributed by atoms with Gasteiger partial charge in [-0.3, -0.25) is 4.79 Å². The monoisotopic (exact) mass is 548 g/mol. The van der Waals surface area contributed by atoms with Crippen LogP contribution in [0.25, 0.3) is 22.4 Å². The maximum Gasteiger partial charge on any atom is 0.163 e. The molecular weight excluding hydrogens is 514 g/mol. The summed E-state index contributed by atoms with van der Waals surface area (Å²) < 4.78 is 39.7. The van der Waals surface area contributed by atoms with Gasteiger partial charge in [-0.25, -0.2) is 23.7 Å². The first kappa shape index (κ1) is 28.0. The summed E-state index contributed by atoms with van der Waals surface area (Å²) in [6.07, 6.45) is 8.68. The molecule has 1 aliphatic carbocycles. The number of hydrogen-bond donors (Lipinski definition) is 1. The predicted octanol–water partition coefficient (Wildman–Crippen LogP) is 6.36. The molecule has 0 bridgehead atoms. The number of nitrogens with zero attached hydrogens (tertiary/aromatic N) is 3. The summed E-state index contributed by atoms with van der Waals surface area (Å²) in [6.45, 7) is 3.66. The van der Waals surface area contributed by atoms with Gasteiger partial charge in [-0.15, -0.1) is 0 Å². The van der Waals surface area contributed by atoms with Crippen molar-refractivity contribution in [2.75, 3.05) is 13.2 Å². The lowest BCUT2D eigenvalue weighted by molar-refractivity contribution is -0.125. The fourth-order valence-corrected chi connectivity index (χ4v) is 5.58. The lowest BCUT2D eigenvalue weighted by atomic mass is 9.77. The maximum absolute atomic E-state index is 14.7. The molecule has 1 fully saturated rings. The van der Waals surface area contributed by atoms with E-state index in [1.807, 2.05) is 31.2 Å². The smallest absolute Gasteiger partial charge is 0.163 e. The van der Waals surface area contributed by atoms with Crippen LogP contribution in [0.4, 0.5) is 8.78 Å². The van der Waals surface area contributed by atoms with Gasteiger partial charge < -0.3 is 14.5 Å². The zero-order valence-corrected chi connectivity index (χ0v) is 22.7. The van der Waals surface area contributed by atoms with Gasteiger partial charge >= 0.3 is 0 Å². The number of ether oxygens (including phenoxy) is 2. The topological polar surface area (TPSA) is 90.0 Å². The molecule has 5 rings (SSSR count). The second-order valence-corrected chi connectivity index (χ2v) is 10.5. The van der Waals surface area contributed by atoms with Gasteiger partial charge in [0.2, 0.25) is 0 Å². The molecule has 0 unspecified atom stereocenters. The number of Topliss-reactive ketones (excluding diaryl/α,β-unsaturated/α-hetero) is 1. The summed E-state index contributed by atoms with van der Waals surface area (Å²) in [7, 11) is 0. The van der Waals surface area contributed by atoms with Gasteiger partial charge in [-0.05, 0) is 48.8 Å². The quantitative estimate of drug-likeness (QED) is 0.222. The lowest BCUT2D eigenvalue weighted by Crippen LogP contribution is -2.22. The average molecular weight is 549 g/mol. The van der Waals surface area contributed by atoms with E-state index in [1.165, 1.54) is 12.3 Å². The number of aromatic nitrogens is 4. The average Bonchev–Trinajstić information content (AvgIpc) is 3.36. The zero-order chi connectivity index (χ0) is 27.9. The Hall–Kier alpha value is -3.56. The maximum atomic E-state index is 14.7. The van der Waals surface area contributed by atoms with E-state index in [1.54, 1.807) is 6.20 Å². The van der Waals surface area contributed by atoms with Crippen LogP contribution in [-0.2, 0) is 33.9 Å². The van der Waals surface area contributed by atoms with Gasteiger partial charge in [-0.1, -0.05) is 43.5 Å². The summed E-state index contributed by atoms with van der Waals surface area (Å²) in [6, 6.07) is 9.37. The first-order chi connectivity index (χ1) is 19.5. The van der Waals surface area contributed by atoms with E-state index in [4.69, 9.17) is 9.47 Å². The normalized spacial score (nSPS) is 17.4. The molecule has 0 aliphatic heterocycles. The van der Waals surface area contributed by atoms with Crippen molar-refractivity contribution in [3.8, 4) is 11.4 Å². The van der Waals surface area contributed by atoms with Gasteiger partial charge in [0, 0.05) is 30.2 Å². The molecule has 2 atom stereocenters. The number of hydrogen-bond acceptors (Lipinski definition) is 6. The number of aromatic amines is 1. The largest absolute Gasteiger partial charge is 0.377 e. The minimum atomic E-state index is -0.462. The van der Waals surface area contributed by atoms with Crippen LogP contribution < -0.4 is 0 Å². The molecule has 3 heterocycles. The zero-order valence-electron chi connectivity index (χ0n) is 22.7. The van der Waals surface area contributed by atoms with E-state index >= 15 is 0 Å². The van der Waals surface area contributed by atoms with E-state index in [9.17, 15) is 13.6 Å². The van der Waals surface area contributed by atoms with Crippen molar-refractivity contribution >= 4 is 16.8 Å². The fraction of sp³-hybridized carbons (Fsp3) is 0.419. The Labute approximate surface area is 232 Å². The van der Waals surface area contributed by atoms with E-state index in [2.05, 4.69) is 19.9 Å². The van der Waals surface area contributed by atoms with Gasteiger partial charge in [0.1, 0.15) is 18.1 Å². The van der Waals surface area contributed by atoms with Crippen LogP contribution in [-0.4, -0.2) is 38.9 Å². The Morgan fingerprint density at radius 2 is 1.85 bits per heavy atom. The molecule has 1 aromatic carbocycles. The molecule has 0 radical (unpaired) electrons. The Morgan fingerprint density at radius 3 is 2.67 bits per heavy atom. The van der Waals surface area contributed by atoms with Crippen LogP contribution in [0.2, 0.25) is 0 Å². The van der Waals surface area contributed by atoms with Gasteiger partial charge in [0.25, 0.3) is 0 Å². The minimum Gasteiger partial charge on any atom is -0.377 e. The summed E-state index contributed by atoms with van der Waals surface area (Å²) in [5.41, 5.74) is 3.54. The Balaban J connectivity index is 1.14. The molecule has 3 aromatic heterocycles.